The molecule has 1 fully saturated rings. The second kappa shape index (κ2) is 4.06. The van der Waals surface area contributed by atoms with E-state index in [0.717, 1.165) is 30.6 Å². The van der Waals surface area contributed by atoms with Gasteiger partial charge in [-0.25, -0.2) is 0 Å². The van der Waals surface area contributed by atoms with E-state index in [1.165, 1.54) is 4.88 Å². The molecule has 1 aliphatic carbocycles. The molecule has 1 aromatic rings. The van der Waals surface area contributed by atoms with Crippen molar-refractivity contribution in [3.63, 3.8) is 0 Å². The van der Waals surface area contributed by atoms with E-state index in [0.29, 0.717) is 0 Å². The maximum Gasteiger partial charge on any atom is 0.204 e. The summed E-state index contributed by atoms with van der Waals surface area (Å²) in [7, 11) is 1.66. The van der Waals surface area contributed by atoms with Gasteiger partial charge in [-0.1, -0.05) is 0 Å². The summed E-state index contributed by atoms with van der Waals surface area (Å²) in [5, 5.41) is 0. The maximum atomic E-state index is 12.3. The minimum atomic E-state index is -0.517. The lowest BCUT2D eigenvalue weighted by Gasteiger charge is -2.24. The first-order valence-electron chi connectivity index (χ1n) is 5.34. The number of hydrogen-bond acceptors (Lipinski definition) is 3. The molecule has 2 nitrogen and oxygen atoms in total. The van der Waals surface area contributed by atoms with Crippen molar-refractivity contribution < 1.29 is 9.53 Å². The van der Waals surface area contributed by atoms with Crippen LogP contribution in [0.2, 0.25) is 0 Å². The Hall–Kier alpha value is -0.670. The van der Waals surface area contributed by atoms with Gasteiger partial charge in [0.05, 0.1) is 4.88 Å². The quantitative estimate of drug-likeness (QED) is 0.737. The van der Waals surface area contributed by atoms with Gasteiger partial charge in [-0.05, 0) is 44.7 Å². The Labute approximate surface area is 94.3 Å². The van der Waals surface area contributed by atoms with Gasteiger partial charge >= 0.3 is 0 Å². The highest BCUT2D eigenvalue weighted by atomic mass is 32.1. The lowest BCUT2D eigenvalue weighted by Crippen LogP contribution is -2.37. The molecule has 0 radical (unpaired) electrons. The highest BCUT2D eigenvalue weighted by molar-refractivity contribution is 7.14. The molecule has 2 rings (SSSR count). The summed E-state index contributed by atoms with van der Waals surface area (Å²) in [6.45, 7) is 2.02. The summed E-state index contributed by atoms with van der Waals surface area (Å²) in [6.07, 6.45) is 3.95. The number of aryl methyl sites for hydroxylation is 1. The zero-order chi connectivity index (χ0) is 10.9. The number of hydrogen-bond donors (Lipinski definition) is 0. The third kappa shape index (κ3) is 1.86. The van der Waals surface area contributed by atoms with Gasteiger partial charge in [0, 0.05) is 12.0 Å². The monoisotopic (exact) mass is 224 g/mol. The smallest absolute Gasteiger partial charge is 0.204 e. The number of carbonyl (C=O) groups excluding carboxylic acids is 1. The summed E-state index contributed by atoms with van der Waals surface area (Å²) in [5.41, 5.74) is -0.517. The zero-order valence-corrected chi connectivity index (χ0v) is 10.0. The third-order valence-electron chi connectivity index (χ3n) is 3.18. The van der Waals surface area contributed by atoms with Gasteiger partial charge in [-0.15, -0.1) is 11.3 Å². The van der Waals surface area contributed by atoms with Gasteiger partial charge in [-0.3, -0.25) is 4.79 Å². The van der Waals surface area contributed by atoms with Crippen LogP contribution in [0, 0.1) is 6.92 Å². The molecule has 0 bridgehead atoms. The number of ether oxygens (including phenoxy) is 1. The summed E-state index contributed by atoms with van der Waals surface area (Å²) >= 11 is 1.57. The largest absolute Gasteiger partial charge is 0.370 e. The summed E-state index contributed by atoms with van der Waals surface area (Å²) in [6, 6.07) is 3.91. The molecule has 3 heteroatoms. The van der Waals surface area contributed by atoms with Gasteiger partial charge in [0.25, 0.3) is 0 Å². The molecule has 1 aliphatic rings. The van der Waals surface area contributed by atoms with Gasteiger partial charge in [0.15, 0.2) is 0 Å². The normalized spacial score (nSPS) is 19.3. The van der Waals surface area contributed by atoms with Crippen LogP contribution in [0.4, 0.5) is 0 Å². The average molecular weight is 224 g/mol. The highest BCUT2D eigenvalue weighted by Crippen LogP contribution is 2.36. The van der Waals surface area contributed by atoms with Crippen LogP contribution >= 0.6 is 11.3 Å². The number of methoxy groups -OCH3 is 1. The molecule has 1 aromatic heterocycles. The van der Waals surface area contributed by atoms with Crippen LogP contribution in [0.1, 0.15) is 40.2 Å². The molecule has 0 aromatic carbocycles. The van der Waals surface area contributed by atoms with E-state index in [2.05, 4.69) is 0 Å². The van der Waals surface area contributed by atoms with Crippen LogP contribution in [0.25, 0.3) is 0 Å². The molecular formula is C12H16O2S. The minimum absolute atomic E-state index is 0.181. The zero-order valence-electron chi connectivity index (χ0n) is 9.21. The second-order valence-corrected chi connectivity index (χ2v) is 5.43. The summed E-state index contributed by atoms with van der Waals surface area (Å²) in [5.74, 6) is 0.181. The van der Waals surface area contributed by atoms with E-state index < -0.39 is 5.60 Å². The van der Waals surface area contributed by atoms with Crippen LogP contribution < -0.4 is 0 Å². The van der Waals surface area contributed by atoms with Gasteiger partial charge in [-0.2, -0.15) is 0 Å². The molecule has 0 spiro atoms. The topological polar surface area (TPSA) is 26.3 Å². The summed E-state index contributed by atoms with van der Waals surface area (Å²) < 4.78 is 5.48. The Morgan fingerprint density at radius 1 is 1.40 bits per heavy atom. The van der Waals surface area contributed by atoms with Crippen molar-refractivity contribution in [1.82, 2.24) is 0 Å². The van der Waals surface area contributed by atoms with Crippen LogP contribution in [0.15, 0.2) is 12.1 Å². The summed E-state index contributed by atoms with van der Waals surface area (Å²) in [4.78, 5) is 14.3. The fourth-order valence-corrected chi connectivity index (χ4v) is 3.15. The fourth-order valence-electron chi connectivity index (χ4n) is 2.25. The lowest BCUT2D eigenvalue weighted by atomic mass is 9.95. The molecule has 0 atom stereocenters. The van der Waals surface area contributed by atoms with Crippen molar-refractivity contribution >= 4 is 17.1 Å². The number of Topliss-reactive ketones (excluding diaryl/α,β-unsaturated/α-hetero) is 1. The van der Waals surface area contributed by atoms with E-state index in [-0.39, 0.29) is 5.78 Å². The first kappa shape index (κ1) is 10.8. The Bertz CT molecular complexity index is 361. The molecule has 15 heavy (non-hydrogen) atoms. The Morgan fingerprint density at radius 2 is 2.07 bits per heavy atom. The van der Waals surface area contributed by atoms with E-state index >= 15 is 0 Å². The minimum Gasteiger partial charge on any atom is -0.370 e. The van der Waals surface area contributed by atoms with E-state index in [4.69, 9.17) is 4.74 Å². The molecule has 0 unspecified atom stereocenters. The van der Waals surface area contributed by atoms with Crippen LogP contribution in [0.5, 0.6) is 0 Å². The van der Waals surface area contributed by atoms with Crippen LogP contribution in [0.3, 0.4) is 0 Å². The number of ketones is 1. The Balaban J connectivity index is 2.26. The van der Waals surface area contributed by atoms with Crippen molar-refractivity contribution in [3.8, 4) is 0 Å². The molecule has 0 N–H and O–H groups in total. The first-order chi connectivity index (χ1) is 7.18. The van der Waals surface area contributed by atoms with Crippen molar-refractivity contribution in [1.29, 1.82) is 0 Å². The first-order valence-corrected chi connectivity index (χ1v) is 6.16. The SMILES string of the molecule is COC1(C(=O)c2ccc(C)s2)CCCC1. The maximum absolute atomic E-state index is 12.3. The van der Waals surface area contributed by atoms with Gasteiger partial charge in [0.1, 0.15) is 5.60 Å². The predicted octanol–water partition coefficient (Wildman–Crippen LogP) is 3.20. The van der Waals surface area contributed by atoms with E-state index in [1.54, 1.807) is 18.4 Å². The van der Waals surface area contributed by atoms with Gasteiger partial charge < -0.3 is 4.74 Å². The van der Waals surface area contributed by atoms with Gasteiger partial charge in [0.2, 0.25) is 5.78 Å². The molecule has 0 amide bonds. The number of rotatable bonds is 3. The average Bonchev–Trinajstić information content (AvgIpc) is 2.86. The van der Waals surface area contributed by atoms with Crippen molar-refractivity contribution in [2.24, 2.45) is 0 Å². The second-order valence-electron chi connectivity index (χ2n) is 4.14. The lowest BCUT2D eigenvalue weighted by molar-refractivity contribution is 0.00639. The van der Waals surface area contributed by atoms with Crippen LogP contribution in [-0.2, 0) is 4.74 Å². The van der Waals surface area contributed by atoms with E-state index in [1.807, 2.05) is 19.1 Å². The molecule has 1 saturated carbocycles. The fraction of sp³-hybridized carbons (Fsp3) is 0.583. The molecule has 1 heterocycles. The van der Waals surface area contributed by atoms with Crippen LogP contribution in [-0.4, -0.2) is 18.5 Å². The standard InChI is InChI=1S/C12H16O2S/c1-9-5-6-10(15-9)11(13)12(14-2)7-3-4-8-12/h5-6H,3-4,7-8H2,1-2H3. The van der Waals surface area contributed by atoms with Crippen molar-refractivity contribution in [2.45, 2.75) is 38.2 Å². The Kier molecular flexibility index (Phi) is 2.94. The molecular weight excluding hydrogens is 208 g/mol. The number of carbonyl (C=O) groups is 1. The predicted molar refractivity (Wildman–Crippen MR) is 61.6 cm³/mol. The Morgan fingerprint density at radius 3 is 2.53 bits per heavy atom. The van der Waals surface area contributed by atoms with Crippen molar-refractivity contribution in [3.05, 3.63) is 21.9 Å². The molecule has 0 aliphatic heterocycles. The highest BCUT2D eigenvalue weighted by Gasteiger charge is 2.42. The number of thiophene rings is 1. The van der Waals surface area contributed by atoms with E-state index in [9.17, 15) is 4.79 Å². The third-order valence-corrected chi connectivity index (χ3v) is 4.18. The molecule has 0 saturated heterocycles. The van der Waals surface area contributed by atoms with Crippen molar-refractivity contribution in [2.75, 3.05) is 7.11 Å². The molecule has 82 valence electrons.